The number of aromatic nitrogens is 4. The van der Waals surface area contributed by atoms with Gasteiger partial charge in [-0.25, -0.2) is 4.98 Å². The van der Waals surface area contributed by atoms with Crippen LogP contribution in [0.1, 0.15) is 12.7 Å². The van der Waals surface area contributed by atoms with E-state index in [9.17, 15) is 0 Å². The molecule has 0 radical (unpaired) electrons. The highest BCUT2D eigenvalue weighted by molar-refractivity contribution is 5.62. The lowest BCUT2D eigenvalue weighted by molar-refractivity contribution is 0.708. The Labute approximate surface area is 117 Å². The molecule has 3 aromatic rings. The first-order valence-electron chi connectivity index (χ1n) is 6.70. The second-order valence-corrected chi connectivity index (χ2v) is 4.53. The summed E-state index contributed by atoms with van der Waals surface area (Å²) in [5.74, 6) is 1.05. The summed E-state index contributed by atoms with van der Waals surface area (Å²) in [5, 5.41) is 10.3. The fraction of sp³-hybridized carbons (Fsp3) is 0.200. The Morgan fingerprint density at radius 2 is 2.00 bits per heavy atom. The number of aryl methyl sites for hydroxylation is 1. The predicted octanol–water partition coefficient (Wildman–Crippen LogP) is 2.91. The van der Waals surface area contributed by atoms with Crippen molar-refractivity contribution in [1.29, 1.82) is 0 Å². The summed E-state index contributed by atoms with van der Waals surface area (Å²) in [6.45, 7) is 3.78. The van der Waals surface area contributed by atoms with Crippen LogP contribution in [0.2, 0.25) is 0 Å². The third-order valence-corrected chi connectivity index (χ3v) is 3.29. The minimum atomic E-state index is 0.726. The minimum absolute atomic E-state index is 0.726. The third kappa shape index (κ3) is 2.56. The molecule has 0 bridgehead atoms. The zero-order chi connectivity index (χ0) is 13.8. The summed E-state index contributed by atoms with van der Waals surface area (Å²) >= 11 is 0. The van der Waals surface area contributed by atoms with Crippen molar-refractivity contribution in [2.45, 2.75) is 20.0 Å². The van der Waals surface area contributed by atoms with Gasteiger partial charge in [-0.2, -0.15) is 5.10 Å². The molecule has 3 rings (SSSR count). The summed E-state index contributed by atoms with van der Waals surface area (Å²) < 4.78 is 2.13. The lowest BCUT2D eigenvalue weighted by Crippen LogP contribution is -2.07. The number of imidazole rings is 1. The molecule has 0 spiro atoms. The zero-order valence-electron chi connectivity index (χ0n) is 11.4. The Morgan fingerprint density at radius 3 is 2.70 bits per heavy atom. The van der Waals surface area contributed by atoms with E-state index >= 15 is 0 Å². The Bertz CT molecular complexity index is 652. The van der Waals surface area contributed by atoms with Gasteiger partial charge in [0.05, 0.1) is 12.2 Å². The molecule has 5 nitrogen and oxygen atoms in total. The van der Waals surface area contributed by atoms with Gasteiger partial charge in [-0.15, -0.1) is 0 Å². The minimum Gasteiger partial charge on any atom is -0.378 e. The van der Waals surface area contributed by atoms with Crippen LogP contribution in [0.4, 0.5) is 5.69 Å². The SMILES string of the molecule is CCn1ccnc1CNc1ccc(-c2ccn[nH]2)cc1. The number of benzene rings is 1. The van der Waals surface area contributed by atoms with Crippen LogP contribution in [-0.4, -0.2) is 19.7 Å². The lowest BCUT2D eigenvalue weighted by Gasteiger charge is -2.08. The van der Waals surface area contributed by atoms with Crippen molar-refractivity contribution in [3.05, 3.63) is 54.7 Å². The van der Waals surface area contributed by atoms with E-state index in [0.717, 1.165) is 35.9 Å². The molecule has 2 heterocycles. The van der Waals surface area contributed by atoms with E-state index in [-0.39, 0.29) is 0 Å². The molecule has 0 aliphatic carbocycles. The van der Waals surface area contributed by atoms with Gasteiger partial charge in [0.25, 0.3) is 0 Å². The van der Waals surface area contributed by atoms with Crippen LogP contribution >= 0.6 is 0 Å². The van der Waals surface area contributed by atoms with Crippen molar-refractivity contribution >= 4 is 5.69 Å². The molecule has 0 atom stereocenters. The van der Waals surface area contributed by atoms with Crippen molar-refractivity contribution in [2.24, 2.45) is 0 Å². The number of hydrogen-bond donors (Lipinski definition) is 2. The van der Waals surface area contributed by atoms with Gasteiger partial charge in [-0.05, 0) is 30.7 Å². The topological polar surface area (TPSA) is 58.5 Å². The highest BCUT2D eigenvalue weighted by Crippen LogP contribution is 2.19. The second kappa shape index (κ2) is 5.61. The van der Waals surface area contributed by atoms with Crippen molar-refractivity contribution in [2.75, 3.05) is 5.32 Å². The molecule has 0 saturated heterocycles. The lowest BCUT2D eigenvalue weighted by atomic mass is 10.1. The van der Waals surface area contributed by atoms with Crippen molar-refractivity contribution in [1.82, 2.24) is 19.7 Å². The largest absolute Gasteiger partial charge is 0.378 e. The van der Waals surface area contributed by atoms with E-state index in [1.54, 1.807) is 6.20 Å². The van der Waals surface area contributed by atoms with Crippen molar-refractivity contribution in [3.63, 3.8) is 0 Å². The fourth-order valence-corrected chi connectivity index (χ4v) is 2.16. The number of anilines is 1. The fourth-order valence-electron chi connectivity index (χ4n) is 2.16. The Kier molecular flexibility index (Phi) is 3.50. The van der Waals surface area contributed by atoms with Gasteiger partial charge in [0.2, 0.25) is 0 Å². The maximum absolute atomic E-state index is 4.35. The van der Waals surface area contributed by atoms with Crippen molar-refractivity contribution in [3.8, 4) is 11.3 Å². The van der Waals surface area contributed by atoms with E-state index in [1.807, 2.05) is 18.5 Å². The predicted molar refractivity (Wildman–Crippen MR) is 79.3 cm³/mol. The number of nitrogens with zero attached hydrogens (tertiary/aromatic N) is 3. The van der Waals surface area contributed by atoms with Crippen LogP contribution in [0.3, 0.4) is 0 Å². The molecule has 0 saturated carbocycles. The normalized spacial score (nSPS) is 10.7. The van der Waals surface area contributed by atoms with E-state index < -0.39 is 0 Å². The van der Waals surface area contributed by atoms with Crippen LogP contribution in [0.25, 0.3) is 11.3 Å². The quantitative estimate of drug-likeness (QED) is 0.747. The van der Waals surface area contributed by atoms with Crippen molar-refractivity contribution < 1.29 is 0 Å². The van der Waals surface area contributed by atoms with Crippen LogP contribution in [0.15, 0.2) is 48.9 Å². The molecule has 2 N–H and O–H groups in total. The summed E-state index contributed by atoms with van der Waals surface area (Å²) in [6, 6.07) is 10.2. The Balaban J connectivity index is 1.67. The van der Waals surface area contributed by atoms with Crippen LogP contribution in [0.5, 0.6) is 0 Å². The summed E-state index contributed by atoms with van der Waals surface area (Å²) in [4.78, 5) is 4.35. The molecule has 20 heavy (non-hydrogen) atoms. The average molecular weight is 267 g/mol. The molecular weight excluding hydrogens is 250 g/mol. The van der Waals surface area contributed by atoms with E-state index in [0.29, 0.717) is 0 Å². The first-order chi connectivity index (χ1) is 9.86. The number of nitrogens with one attached hydrogen (secondary N) is 2. The number of H-pyrrole nitrogens is 1. The molecule has 0 aliphatic rings. The summed E-state index contributed by atoms with van der Waals surface area (Å²) in [7, 11) is 0. The van der Waals surface area contributed by atoms with E-state index in [1.165, 1.54) is 0 Å². The molecule has 0 aliphatic heterocycles. The number of hydrogen-bond acceptors (Lipinski definition) is 3. The van der Waals surface area contributed by atoms with Gasteiger partial charge in [-0.1, -0.05) is 12.1 Å². The Hall–Kier alpha value is -2.56. The summed E-state index contributed by atoms with van der Waals surface area (Å²) in [6.07, 6.45) is 5.59. The maximum Gasteiger partial charge on any atom is 0.128 e. The molecule has 2 aromatic heterocycles. The maximum atomic E-state index is 4.35. The van der Waals surface area contributed by atoms with E-state index in [4.69, 9.17) is 0 Å². The van der Waals surface area contributed by atoms with Gasteiger partial charge in [0.1, 0.15) is 5.82 Å². The molecule has 5 heteroatoms. The van der Waals surface area contributed by atoms with Crippen LogP contribution in [-0.2, 0) is 13.1 Å². The van der Waals surface area contributed by atoms with Gasteiger partial charge >= 0.3 is 0 Å². The third-order valence-electron chi connectivity index (χ3n) is 3.29. The number of aromatic amines is 1. The van der Waals surface area contributed by atoms with Gasteiger partial charge < -0.3 is 9.88 Å². The monoisotopic (exact) mass is 267 g/mol. The average Bonchev–Trinajstić information content (AvgIpc) is 3.16. The molecule has 0 unspecified atom stereocenters. The van der Waals surface area contributed by atoms with Gasteiger partial charge in [0.15, 0.2) is 0 Å². The first kappa shape index (κ1) is 12.5. The van der Waals surface area contributed by atoms with Crippen LogP contribution in [0, 0.1) is 0 Å². The highest BCUT2D eigenvalue weighted by Gasteiger charge is 2.02. The zero-order valence-corrected chi connectivity index (χ0v) is 11.4. The van der Waals surface area contributed by atoms with Gasteiger partial charge in [-0.3, -0.25) is 5.10 Å². The summed E-state index contributed by atoms with van der Waals surface area (Å²) in [5.41, 5.74) is 3.24. The van der Waals surface area contributed by atoms with Crippen LogP contribution < -0.4 is 5.32 Å². The highest BCUT2D eigenvalue weighted by atomic mass is 15.1. The smallest absolute Gasteiger partial charge is 0.128 e. The first-order valence-corrected chi connectivity index (χ1v) is 6.70. The molecule has 1 aromatic carbocycles. The molecule has 0 amide bonds. The standard InChI is InChI=1S/C15H17N5/c1-2-20-10-9-16-15(20)11-17-13-5-3-12(4-6-13)14-7-8-18-19-14/h3-10,17H,2,11H2,1H3,(H,18,19). The van der Waals surface area contributed by atoms with E-state index in [2.05, 4.69) is 56.3 Å². The second-order valence-electron chi connectivity index (χ2n) is 4.53. The Morgan fingerprint density at radius 1 is 1.15 bits per heavy atom. The molecular formula is C15H17N5. The molecule has 0 fully saturated rings. The van der Waals surface area contributed by atoms with Gasteiger partial charge in [0, 0.05) is 30.8 Å². The number of rotatable bonds is 5. The molecule has 102 valence electrons.